The average molecular weight is 482 g/mol. The highest BCUT2D eigenvalue weighted by molar-refractivity contribution is 7.89. The van der Waals surface area contributed by atoms with Crippen LogP contribution in [0.3, 0.4) is 0 Å². The molecule has 4 rings (SSSR count). The maximum absolute atomic E-state index is 13.0. The largest absolute Gasteiger partial charge is 0.468 e. The number of piperidine rings is 1. The number of hydrogen-bond donors (Lipinski definition) is 1. The molecule has 1 atom stereocenters. The molecule has 2 aromatic rings. The third-order valence-electron chi connectivity index (χ3n) is 5.94. The number of morpholine rings is 1. The van der Waals surface area contributed by atoms with Crippen molar-refractivity contribution in [2.45, 2.75) is 30.2 Å². The summed E-state index contributed by atoms with van der Waals surface area (Å²) >= 11 is 6.21. The molecule has 2 aliphatic heterocycles. The van der Waals surface area contributed by atoms with Crippen LogP contribution in [0.1, 0.15) is 41.4 Å². The Bertz CT molecular complexity index is 1020. The highest BCUT2D eigenvalue weighted by atomic mass is 35.5. The van der Waals surface area contributed by atoms with E-state index in [1.807, 2.05) is 12.1 Å². The van der Waals surface area contributed by atoms with E-state index in [0.29, 0.717) is 19.8 Å². The number of rotatable bonds is 7. The Morgan fingerprint density at radius 2 is 1.84 bits per heavy atom. The highest BCUT2D eigenvalue weighted by Gasteiger charge is 2.30. The van der Waals surface area contributed by atoms with Crippen molar-refractivity contribution in [1.82, 2.24) is 14.5 Å². The Kier molecular flexibility index (Phi) is 7.52. The molecule has 0 aliphatic carbocycles. The fourth-order valence-electron chi connectivity index (χ4n) is 4.18. The van der Waals surface area contributed by atoms with Crippen molar-refractivity contribution in [2.75, 3.05) is 45.9 Å². The molecule has 0 spiro atoms. The minimum absolute atomic E-state index is 0.0627. The van der Waals surface area contributed by atoms with Crippen molar-refractivity contribution in [1.29, 1.82) is 0 Å². The summed E-state index contributed by atoms with van der Waals surface area (Å²) in [5.41, 5.74) is 0.248. The Morgan fingerprint density at radius 1 is 1.09 bits per heavy atom. The summed E-state index contributed by atoms with van der Waals surface area (Å²) in [6.07, 6.45) is 5.07. The molecule has 8 nitrogen and oxygen atoms in total. The van der Waals surface area contributed by atoms with Gasteiger partial charge in [-0.3, -0.25) is 9.69 Å². The van der Waals surface area contributed by atoms with E-state index in [2.05, 4.69) is 10.2 Å². The summed E-state index contributed by atoms with van der Waals surface area (Å²) in [5, 5.41) is 3.04. The Labute approximate surface area is 193 Å². The molecule has 1 N–H and O–H groups in total. The summed E-state index contributed by atoms with van der Waals surface area (Å²) < 4.78 is 38.3. The predicted molar refractivity (Wildman–Crippen MR) is 120 cm³/mol. The topological polar surface area (TPSA) is 92.1 Å². The molecule has 2 fully saturated rings. The van der Waals surface area contributed by atoms with E-state index >= 15 is 0 Å². The molecule has 32 heavy (non-hydrogen) atoms. The number of sulfonamides is 1. The van der Waals surface area contributed by atoms with E-state index in [9.17, 15) is 13.2 Å². The molecule has 1 aromatic heterocycles. The van der Waals surface area contributed by atoms with E-state index in [1.165, 1.54) is 22.9 Å². The van der Waals surface area contributed by atoms with Crippen LogP contribution in [0.4, 0.5) is 0 Å². The van der Waals surface area contributed by atoms with E-state index < -0.39 is 10.0 Å². The fraction of sp³-hybridized carbons (Fsp3) is 0.500. The third-order valence-corrected chi connectivity index (χ3v) is 8.32. The van der Waals surface area contributed by atoms with Crippen LogP contribution >= 0.6 is 11.6 Å². The lowest BCUT2D eigenvalue weighted by molar-refractivity contribution is 0.0730. The number of nitrogens with one attached hydrogen (secondary N) is 1. The predicted octanol–water partition coefficient (Wildman–Crippen LogP) is 2.91. The molecule has 0 unspecified atom stereocenters. The number of halogens is 1. The van der Waals surface area contributed by atoms with Crippen molar-refractivity contribution < 1.29 is 22.4 Å². The monoisotopic (exact) mass is 481 g/mol. The van der Waals surface area contributed by atoms with E-state index in [1.54, 1.807) is 12.3 Å². The zero-order valence-electron chi connectivity index (χ0n) is 17.8. The lowest BCUT2D eigenvalue weighted by Crippen LogP contribution is -2.41. The zero-order valence-corrected chi connectivity index (χ0v) is 19.4. The molecular formula is C22H28ClN3O5S. The summed E-state index contributed by atoms with van der Waals surface area (Å²) in [7, 11) is -3.81. The number of benzene rings is 1. The molecule has 1 amide bonds. The molecule has 2 saturated heterocycles. The first-order valence-electron chi connectivity index (χ1n) is 10.9. The number of likely N-dealkylation sites (tertiary alicyclic amines) is 1. The van der Waals surface area contributed by atoms with Crippen molar-refractivity contribution in [3.05, 3.63) is 52.9 Å². The second kappa shape index (κ2) is 10.4. The van der Waals surface area contributed by atoms with Crippen LogP contribution in [0.25, 0.3) is 0 Å². The smallest absolute Gasteiger partial charge is 0.251 e. The van der Waals surface area contributed by atoms with Gasteiger partial charge in [0.05, 0.1) is 30.5 Å². The molecule has 0 radical (unpaired) electrons. The van der Waals surface area contributed by atoms with Crippen LogP contribution in [0.2, 0.25) is 5.02 Å². The third kappa shape index (κ3) is 5.18. The molecule has 0 saturated carbocycles. The van der Waals surface area contributed by atoms with Crippen LogP contribution in [0, 0.1) is 0 Å². The van der Waals surface area contributed by atoms with Crippen LogP contribution in [-0.2, 0) is 14.8 Å². The molecule has 174 valence electrons. The first kappa shape index (κ1) is 23.3. The van der Waals surface area contributed by atoms with Gasteiger partial charge in [0.15, 0.2) is 0 Å². The van der Waals surface area contributed by atoms with Gasteiger partial charge in [-0.2, -0.15) is 4.31 Å². The number of furan rings is 1. The summed E-state index contributed by atoms with van der Waals surface area (Å²) in [6, 6.07) is 8.04. The van der Waals surface area contributed by atoms with Crippen molar-refractivity contribution in [3.8, 4) is 0 Å². The second-order valence-corrected chi connectivity index (χ2v) is 10.3. The van der Waals surface area contributed by atoms with Gasteiger partial charge in [0.1, 0.15) is 10.7 Å². The Morgan fingerprint density at radius 3 is 2.53 bits per heavy atom. The number of carbonyl (C=O) groups excluding carboxylic acids is 1. The van der Waals surface area contributed by atoms with Crippen LogP contribution in [-0.4, -0.2) is 69.5 Å². The lowest BCUT2D eigenvalue weighted by atomic mass is 10.1. The van der Waals surface area contributed by atoms with Crippen LogP contribution < -0.4 is 5.32 Å². The van der Waals surface area contributed by atoms with Gasteiger partial charge in [-0.1, -0.05) is 18.0 Å². The minimum atomic E-state index is -3.81. The minimum Gasteiger partial charge on any atom is -0.468 e. The van der Waals surface area contributed by atoms with Gasteiger partial charge >= 0.3 is 0 Å². The molecule has 10 heteroatoms. The maximum atomic E-state index is 13.0. The summed E-state index contributed by atoms with van der Waals surface area (Å²) in [6.45, 7) is 3.45. The summed E-state index contributed by atoms with van der Waals surface area (Å²) in [4.78, 5) is 15.2. The first-order chi connectivity index (χ1) is 15.5. The van der Waals surface area contributed by atoms with Gasteiger partial charge in [-0.15, -0.1) is 0 Å². The van der Waals surface area contributed by atoms with E-state index in [0.717, 1.165) is 31.7 Å². The number of carbonyl (C=O) groups is 1. The normalized spacial score (nSPS) is 19.5. The first-order valence-corrected chi connectivity index (χ1v) is 12.7. The van der Waals surface area contributed by atoms with E-state index in [4.69, 9.17) is 20.8 Å². The quantitative estimate of drug-likeness (QED) is 0.653. The van der Waals surface area contributed by atoms with Gasteiger partial charge in [-0.05, 0) is 56.3 Å². The maximum Gasteiger partial charge on any atom is 0.251 e. The van der Waals surface area contributed by atoms with Gasteiger partial charge in [-0.25, -0.2) is 8.42 Å². The zero-order chi connectivity index (χ0) is 22.6. The van der Waals surface area contributed by atoms with E-state index in [-0.39, 0.29) is 40.5 Å². The summed E-state index contributed by atoms with van der Waals surface area (Å²) in [5.74, 6) is 0.451. The average Bonchev–Trinajstić information content (AvgIpc) is 3.35. The number of hydrogen-bond acceptors (Lipinski definition) is 6. The van der Waals surface area contributed by atoms with Gasteiger partial charge in [0.2, 0.25) is 10.0 Å². The Hall–Kier alpha value is -1.91. The molecule has 2 aliphatic rings. The molecule has 1 aromatic carbocycles. The van der Waals surface area contributed by atoms with Gasteiger partial charge in [0.25, 0.3) is 5.91 Å². The van der Waals surface area contributed by atoms with Gasteiger partial charge in [0, 0.05) is 25.2 Å². The second-order valence-electron chi connectivity index (χ2n) is 8.00. The standard InChI is InChI=1S/C22H28ClN3O5S/c23-18-7-6-17(15-21(18)32(28,29)26-10-13-30-14-11-26)22(27)24-16-19(20-5-4-12-31-20)25-8-2-1-3-9-25/h4-7,12,15,19H,1-3,8-11,13-14,16H2,(H,24,27)/t19-/m1/s1. The SMILES string of the molecule is O=C(NC[C@H](c1ccco1)N1CCCCC1)c1ccc(Cl)c(S(=O)(=O)N2CCOCC2)c1. The van der Waals surface area contributed by atoms with Gasteiger partial charge < -0.3 is 14.5 Å². The van der Waals surface area contributed by atoms with Crippen LogP contribution in [0.15, 0.2) is 45.9 Å². The number of amides is 1. The number of ether oxygens (including phenoxy) is 1. The lowest BCUT2D eigenvalue weighted by Gasteiger charge is -2.33. The van der Waals surface area contributed by atoms with Crippen LogP contribution in [0.5, 0.6) is 0 Å². The number of nitrogens with zero attached hydrogens (tertiary/aromatic N) is 2. The molecule has 3 heterocycles. The fourth-order valence-corrected chi connectivity index (χ4v) is 6.09. The van der Waals surface area contributed by atoms with Crippen molar-refractivity contribution in [2.24, 2.45) is 0 Å². The van der Waals surface area contributed by atoms with Crippen molar-refractivity contribution in [3.63, 3.8) is 0 Å². The highest BCUT2D eigenvalue weighted by Crippen LogP contribution is 2.27. The van der Waals surface area contributed by atoms with Crippen molar-refractivity contribution >= 4 is 27.5 Å². The molecular weight excluding hydrogens is 454 g/mol. The Balaban J connectivity index is 1.50. The molecule has 0 bridgehead atoms.